The Morgan fingerprint density at radius 3 is 1.37 bits per heavy atom. The maximum Gasteiger partial charge on any atom is 0.313 e. The zero-order valence-electron chi connectivity index (χ0n) is 25.0. The second-order valence-electron chi connectivity index (χ2n) is 12.8. The molecule has 2 nitrogen and oxygen atoms in total. The van der Waals surface area contributed by atoms with Crippen LogP contribution in [0, 0.1) is 0 Å². The van der Waals surface area contributed by atoms with Gasteiger partial charge < -0.3 is 4.18 Å². The molecule has 0 heterocycles. The van der Waals surface area contributed by atoms with Crippen molar-refractivity contribution in [3.05, 3.63) is 89.5 Å². The van der Waals surface area contributed by atoms with Gasteiger partial charge in [-0.2, -0.15) is 0 Å². The summed E-state index contributed by atoms with van der Waals surface area (Å²) in [5.74, 6) is 1.53. The summed E-state index contributed by atoms with van der Waals surface area (Å²) < 4.78 is 6.89. The van der Waals surface area contributed by atoms with E-state index in [1.54, 1.807) is 12.5 Å². The molecule has 0 bridgehead atoms. The van der Waals surface area contributed by atoms with E-state index in [1.165, 1.54) is 112 Å². The molecule has 3 aromatic carbocycles. The molecule has 0 saturated heterocycles. The molecule has 0 unspecified atom stereocenters. The third-order valence-corrected chi connectivity index (χ3v) is 13.4. The lowest BCUT2D eigenvalue weighted by molar-refractivity contribution is -0.131. The van der Waals surface area contributed by atoms with Gasteiger partial charge in [-0.3, -0.25) is 4.79 Å². The Balaban J connectivity index is 1.69. The van der Waals surface area contributed by atoms with Gasteiger partial charge in [-0.05, 0) is 108 Å². The van der Waals surface area contributed by atoms with Crippen molar-refractivity contribution in [1.82, 2.24) is 0 Å². The van der Waals surface area contributed by atoms with Gasteiger partial charge in [0.15, 0.2) is 0 Å². The fraction of sp³-hybridized carbons (Fsp3) is 0.500. The van der Waals surface area contributed by atoms with E-state index in [-0.39, 0.29) is 5.97 Å². The summed E-state index contributed by atoms with van der Waals surface area (Å²) in [6.07, 6.45) is 19.5. The Kier molecular flexibility index (Phi) is 9.20. The van der Waals surface area contributed by atoms with Crippen molar-refractivity contribution in [2.75, 3.05) is 0 Å². The van der Waals surface area contributed by atoms with Crippen LogP contribution in [0.15, 0.2) is 87.5 Å². The molecule has 0 N–H and O–H groups in total. The number of hydrogen-bond acceptors (Lipinski definition) is 2. The van der Waals surface area contributed by atoms with Gasteiger partial charge in [-0.25, -0.2) is 0 Å². The third-order valence-electron chi connectivity index (χ3n) is 10.0. The largest absolute Gasteiger partial charge is 0.402 e. The fourth-order valence-electron chi connectivity index (χ4n) is 8.05. The fourth-order valence-corrected chi connectivity index (χ4v) is 11.6. The lowest BCUT2D eigenvalue weighted by atomic mass is 9.76. The first-order chi connectivity index (χ1) is 20.2. The second kappa shape index (κ2) is 13.2. The summed E-state index contributed by atoms with van der Waals surface area (Å²) in [5.41, 5.74) is 4.60. The Labute approximate surface area is 249 Å². The molecule has 218 valence electrons. The van der Waals surface area contributed by atoms with Crippen LogP contribution in [0.25, 0.3) is 0 Å². The van der Waals surface area contributed by atoms with Crippen LogP contribution in [0.4, 0.5) is 0 Å². The highest BCUT2D eigenvalue weighted by Gasteiger charge is 2.42. The highest BCUT2D eigenvalue weighted by molar-refractivity contribution is 8.30. The quantitative estimate of drug-likeness (QED) is 0.283. The van der Waals surface area contributed by atoms with Crippen LogP contribution in [-0.4, -0.2) is 5.97 Å². The van der Waals surface area contributed by atoms with Crippen LogP contribution < -0.4 is 0 Å². The summed E-state index contributed by atoms with van der Waals surface area (Å²) >= 11 is 0. The molecule has 3 aliphatic rings. The highest BCUT2D eigenvalue weighted by Crippen LogP contribution is 2.72. The van der Waals surface area contributed by atoms with Crippen LogP contribution in [0.2, 0.25) is 0 Å². The minimum absolute atomic E-state index is 0.187. The third kappa shape index (κ3) is 6.03. The van der Waals surface area contributed by atoms with Crippen molar-refractivity contribution in [2.24, 2.45) is 0 Å². The topological polar surface area (TPSA) is 26.3 Å². The molecule has 3 aliphatic carbocycles. The molecular formula is C38H48O2S. The number of carbonyl (C=O) groups excluding carboxylic acids is 1. The SMILES string of the molecule is CC(=O)OS(c1ccccc1)(c1ccccc1)c1c(C2CCCCC2)cc(C2CCCCC2)cc1C1CCCCC1. The van der Waals surface area contributed by atoms with Gasteiger partial charge in [-0.15, -0.1) is 0 Å². The van der Waals surface area contributed by atoms with E-state index in [0.717, 1.165) is 9.79 Å². The maximum atomic E-state index is 13.3. The van der Waals surface area contributed by atoms with E-state index in [0.29, 0.717) is 17.8 Å². The Morgan fingerprint density at radius 2 is 0.976 bits per heavy atom. The summed E-state index contributed by atoms with van der Waals surface area (Å²) in [6.45, 7) is 1.62. The van der Waals surface area contributed by atoms with Gasteiger partial charge in [0.25, 0.3) is 0 Å². The molecule has 0 spiro atoms. The zero-order valence-corrected chi connectivity index (χ0v) is 25.8. The van der Waals surface area contributed by atoms with Crippen molar-refractivity contribution in [2.45, 2.75) is 136 Å². The molecule has 0 aliphatic heterocycles. The first-order valence-corrected chi connectivity index (χ1v) is 18.0. The lowest BCUT2D eigenvalue weighted by Crippen LogP contribution is -2.20. The van der Waals surface area contributed by atoms with Gasteiger partial charge in [-0.1, -0.05) is 106 Å². The van der Waals surface area contributed by atoms with Crippen molar-refractivity contribution < 1.29 is 8.98 Å². The van der Waals surface area contributed by atoms with Gasteiger partial charge >= 0.3 is 5.97 Å². The normalized spacial score (nSPS) is 20.0. The molecule has 0 amide bonds. The van der Waals surface area contributed by atoms with E-state index in [4.69, 9.17) is 4.18 Å². The molecule has 3 saturated carbocycles. The molecule has 41 heavy (non-hydrogen) atoms. The predicted molar refractivity (Wildman–Crippen MR) is 171 cm³/mol. The monoisotopic (exact) mass is 568 g/mol. The summed E-state index contributed by atoms with van der Waals surface area (Å²) in [7, 11) is -2.29. The van der Waals surface area contributed by atoms with Crippen LogP contribution in [0.5, 0.6) is 0 Å². The Hall–Kier alpha value is -2.52. The van der Waals surface area contributed by atoms with Crippen molar-refractivity contribution in [1.29, 1.82) is 0 Å². The van der Waals surface area contributed by atoms with Crippen molar-refractivity contribution in [3.8, 4) is 0 Å². The molecular weight excluding hydrogens is 520 g/mol. The maximum absolute atomic E-state index is 13.3. The predicted octanol–water partition coefficient (Wildman–Crippen LogP) is 11.6. The standard InChI is InChI=1S/C38H48O2S/c1-29(39)40-41(34-23-13-5-14-24-34,35-25-15-6-16-26-35)38-36(31-19-9-3-10-20-31)27-33(30-17-7-2-8-18-30)28-37(38)32-21-11-4-12-22-32/h5-6,13-16,23-28,30-32H,2-4,7-12,17-22H2,1H3. The molecule has 0 radical (unpaired) electrons. The molecule has 3 fully saturated rings. The van der Waals surface area contributed by atoms with E-state index >= 15 is 0 Å². The molecule has 6 rings (SSSR count). The van der Waals surface area contributed by atoms with E-state index in [9.17, 15) is 4.79 Å². The number of rotatable bonds is 7. The Morgan fingerprint density at radius 1 is 0.585 bits per heavy atom. The molecule has 0 atom stereocenters. The first kappa shape index (κ1) is 28.6. The Bertz CT molecular complexity index is 1200. The van der Waals surface area contributed by atoms with Gasteiger partial charge in [0.05, 0.1) is 0 Å². The second-order valence-corrected chi connectivity index (χ2v) is 15.4. The van der Waals surface area contributed by atoms with Crippen molar-refractivity contribution in [3.63, 3.8) is 0 Å². The van der Waals surface area contributed by atoms with Crippen LogP contribution in [0.1, 0.15) is 138 Å². The number of carbonyl (C=O) groups is 1. The summed E-state index contributed by atoms with van der Waals surface area (Å²) in [4.78, 5) is 16.9. The average Bonchev–Trinajstić information content (AvgIpc) is 3.05. The number of benzene rings is 3. The lowest BCUT2D eigenvalue weighted by Gasteiger charge is -2.45. The smallest absolute Gasteiger partial charge is 0.313 e. The summed E-state index contributed by atoms with van der Waals surface area (Å²) in [5, 5.41) is 0. The summed E-state index contributed by atoms with van der Waals surface area (Å²) in [6, 6.07) is 26.8. The number of hydrogen-bond donors (Lipinski definition) is 0. The molecule has 3 heteroatoms. The molecule has 0 aromatic heterocycles. The van der Waals surface area contributed by atoms with E-state index in [2.05, 4.69) is 72.8 Å². The first-order valence-electron chi connectivity index (χ1n) is 16.5. The minimum atomic E-state index is -2.29. The van der Waals surface area contributed by atoms with Gasteiger partial charge in [0, 0.05) is 21.6 Å². The zero-order chi connectivity index (χ0) is 28.1. The van der Waals surface area contributed by atoms with Crippen LogP contribution in [-0.2, 0) is 8.98 Å². The van der Waals surface area contributed by atoms with Gasteiger partial charge in [0.1, 0.15) is 0 Å². The van der Waals surface area contributed by atoms with E-state index < -0.39 is 10.3 Å². The van der Waals surface area contributed by atoms with E-state index in [1.807, 2.05) is 0 Å². The van der Waals surface area contributed by atoms with Gasteiger partial charge in [0.2, 0.25) is 0 Å². The van der Waals surface area contributed by atoms with Crippen molar-refractivity contribution >= 4 is 16.3 Å². The average molecular weight is 569 g/mol. The van der Waals surface area contributed by atoms with Crippen LogP contribution in [0.3, 0.4) is 0 Å². The minimum Gasteiger partial charge on any atom is -0.402 e. The van der Waals surface area contributed by atoms with Crippen LogP contribution >= 0.6 is 10.3 Å². The highest BCUT2D eigenvalue weighted by atomic mass is 32.3. The molecule has 3 aromatic rings.